The lowest BCUT2D eigenvalue weighted by Gasteiger charge is -2.31. The summed E-state index contributed by atoms with van der Waals surface area (Å²) in [6.07, 6.45) is 1.86. The molecule has 0 saturated carbocycles. The predicted octanol–water partition coefficient (Wildman–Crippen LogP) is 18.9. The van der Waals surface area contributed by atoms with Gasteiger partial charge >= 0.3 is 30.5 Å². The first-order chi connectivity index (χ1) is 67.1. The van der Waals surface area contributed by atoms with Crippen LogP contribution in [-0.2, 0) is 43.2 Å². The number of rotatable bonds is 24. The standard InChI is InChI=1S/C25H27N3O6S2.C24H25F3N4O4S2.C24H27N3O4S2.C24H27N3O3S3/c1-3-26-25(30)27-23-21(17-5-4-6-19(32-2)22(17)35-23)24(29)28-11-9-15(10-12-28)36(31)16-7-8-18-20(13-16)34-14-33-18;1-3-28-23(33)30-21-19(18-8-7-14(2)29-20(18)36-21)22(32)31-11-9-16(10-12-31)37(34)17-6-4-5-15(13-17)35-24(25,26)27;2*1-3-25-24(29)26-22-21(19-9-4-5-10-20(19)32-22)23(28)27-13-11-17(12-14-27)33(30)18-8-6-7-16(15-18)31-2/h4-8,13,15H,3,9-12,14H2,1-2H3,(H2,26,27,30);4-8,13,16H,3,9-12H2,1-2H3,(H2,28,30,33);2*4-10,15,17H,3,11-14H2,1-2H3,(H2,25,26,29). The molecule has 139 heavy (non-hydrogen) atoms. The van der Waals surface area contributed by atoms with Gasteiger partial charge in [-0.05, 0) is 189 Å². The van der Waals surface area contributed by atoms with Crippen LogP contribution in [0.1, 0.15) is 126 Å². The van der Waals surface area contributed by atoms with Crippen molar-refractivity contribution < 1.29 is 92.0 Å². The summed E-state index contributed by atoms with van der Waals surface area (Å²) >= 11 is 6.98. The molecule has 0 spiro atoms. The molecule has 12 amide bonds. The lowest BCUT2D eigenvalue weighted by Crippen LogP contribution is -2.41. The van der Waals surface area contributed by atoms with Crippen molar-refractivity contribution in [3.05, 3.63) is 198 Å². The molecule has 0 bridgehead atoms. The molecule has 5 aliphatic rings. The van der Waals surface area contributed by atoms with Gasteiger partial charge in [-0.1, -0.05) is 78.1 Å². The fourth-order valence-corrected chi connectivity index (χ4v) is 27.5. The van der Waals surface area contributed by atoms with Crippen LogP contribution >= 0.6 is 57.1 Å². The number of amides is 12. The van der Waals surface area contributed by atoms with E-state index in [1.54, 1.807) is 65.8 Å². The van der Waals surface area contributed by atoms with Gasteiger partial charge in [0.15, 0.2) is 11.5 Å². The normalized spacial score (nSPS) is 15.6. The number of thiophene rings is 4. The molecular weight excluding hydrogens is 1960 g/mol. The van der Waals surface area contributed by atoms with Gasteiger partial charge in [-0.3, -0.25) is 57.3 Å². The van der Waals surface area contributed by atoms with Gasteiger partial charge in [0.2, 0.25) is 6.79 Å². The van der Waals surface area contributed by atoms with Crippen LogP contribution < -0.4 is 66.2 Å². The zero-order chi connectivity index (χ0) is 98.7. The Hall–Kier alpha value is -11.8. The SMILES string of the molecule is CCNC(=O)Nc1sc2c(OC)cccc2c1C(=O)N1CCC(S(=O)c2ccc3c(c2)OCO3)CC1.CCNC(=O)Nc1sc2ccccc2c1C(=O)N1CCC(S(=O)c2cccc(OC)c2)CC1.CCNC(=O)Nc1sc2ccccc2c1C(=O)N1CCC(S(=O)c2cccc(SC)c2)CC1.CCNC(=O)Nc1sc2nc(C)ccc2c1C(=O)N1CCC(S(=O)c2cccc(OC(F)(F)F)c2)CC1. The molecule has 4 saturated heterocycles. The fourth-order valence-electron chi connectivity index (χ4n) is 16.6. The van der Waals surface area contributed by atoms with Gasteiger partial charge in [-0.25, -0.2) is 24.2 Å². The van der Waals surface area contributed by atoms with Crippen LogP contribution in [0.15, 0.2) is 194 Å². The number of alkyl halides is 3. The number of methoxy groups -OCH3 is 2. The van der Waals surface area contributed by atoms with Crippen molar-refractivity contribution in [1.82, 2.24) is 45.9 Å². The molecule has 7 aromatic carbocycles. The first kappa shape index (κ1) is 103. The van der Waals surface area contributed by atoms with Gasteiger partial charge in [-0.15, -0.1) is 58.9 Å². The molecule has 0 aliphatic carbocycles. The van der Waals surface area contributed by atoms with Crippen LogP contribution in [0, 0.1) is 6.92 Å². The molecule has 12 aromatic rings. The van der Waals surface area contributed by atoms with Gasteiger partial charge in [0.05, 0.1) is 84.4 Å². The highest BCUT2D eigenvalue weighted by molar-refractivity contribution is 7.98. The number of carbonyl (C=O) groups excluding carboxylic acids is 8. The molecule has 4 atom stereocenters. The number of aryl methyl sites for hydroxylation is 1. The number of anilines is 4. The number of piperidine rings is 4. The molecule has 5 aromatic heterocycles. The number of urea groups is 4. The minimum Gasteiger partial charge on any atom is -0.497 e. The third-order valence-electron chi connectivity index (χ3n) is 23.4. The van der Waals surface area contributed by atoms with Crippen molar-refractivity contribution >= 4 is 209 Å². The number of benzene rings is 7. The summed E-state index contributed by atoms with van der Waals surface area (Å²) in [5, 5.41) is 26.7. The molecule has 5 aliphatic heterocycles. The van der Waals surface area contributed by atoms with E-state index < -0.39 is 61.3 Å². The van der Waals surface area contributed by atoms with E-state index in [-0.39, 0.29) is 74.4 Å². The summed E-state index contributed by atoms with van der Waals surface area (Å²) in [6.45, 7) is 14.9. The first-order valence-electron chi connectivity index (χ1n) is 45.1. The Bertz CT molecular complexity index is 6420. The highest BCUT2D eigenvalue weighted by Crippen LogP contribution is 2.45. The van der Waals surface area contributed by atoms with E-state index >= 15 is 0 Å². The molecule has 17 rings (SSSR count). The Balaban J connectivity index is 0.000000148. The summed E-state index contributed by atoms with van der Waals surface area (Å²) in [5.74, 6) is 1.55. The molecule has 42 heteroatoms. The maximum atomic E-state index is 13.7. The average molecular weight is 2070 g/mol. The third-order valence-corrected chi connectivity index (χ3v) is 35.7. The van der Waals surface area contributed by atoms with Gasteiger partial charge in [-0.2, -0.15) is 0 Å². The maximum absolute atomic E-state index is 13.7. The van der Waals surface area contributed by atoms with Crippen molar-refractivity contribution in [2.75, 3.05) is 127 Å². The number of nitrogens with one attached hydrogen (secondary N) is 8. The smallest absolute Gasteiger partial charge is 0.497 e. The second-order valence-electron chi connectivity index (χ2n) is 32.3. The van der Waals surface area contributed by atoms with E-state index in [1.807, 2.05) is 166 Å². The quantitative estimate of drug-likeness (QED) is 0.0260. The van der Waals surface area contributed by atoms with Crippen molar-refractivity contribution in [3.63, 3.8) is 0 Å². The Kier molecular flexibility index (Phi) is 35.5. The number of aromatic nitrogens is 1. The van der Waals surface area contributed by atoms with E-state index in [0.717, 1.165) is 62.8 Å². The van der Waals surface area contributed by atoms with Crippen molar-refractivity contribution in [3.8, 4) is 28.7 Å². The van der Waals surface area contributed by atoms with Crippen LogP contribution in [-0.4, -0.2) is 222 Å². The number of hydrogen-bond donors (Lipinski definition) is 8. The molecule has 0 radical (unpaired) electrons. The Labute approximate surface area is 831 Å². The topological polar surface area (TPSA) is 373 Å². The second-order valence-corrected chi connectivity index (χ2v) is 44.3. The highest BCUT2D eigenvalue weighted by Gasteiger charge is 2.39. The number of hydrogen-bond acceptors (Lipinski definition) is 23. The van der Waals surface area contributed by atoms with Gasteiger partial charge in [0.25, 0.3) is 23.6 Å². The second kappa shape index (κ2) is 47.9. The number of thioether (sulfide) groups is 1. The van der Waals surface area contributed by atoms with E-state index in [4.69, 9.17) is 18.9 Å². The Morgan fingerprint density at radius 1 is 0.417 bits per heavy atom. The van der Waals surface area contributed by atoms with E-state index in [1.165, 1.54) is 57.5 Å². The van der Waals surface area contributed by atoms with Gasteiger partial charge in [0.1, 0.15) is 42.1 Å². The van der Waals surface area contributed by atoms with Crippen molar-refractivity contribution in [2.24, 2.45) is 0 Å². The number of pyridine rings is 1. The highest BCUT2D eigenvalue weighted by atomic mass is 32.2. The number of likely N-dealkylation sites (tertiary alicyclic amines) is 4. The molecule has 736 valence electrons. The molecule has 8 N–H and O–H groups in total. The fraction of sp³-hybridized carbons (Fsp3) is 0.351. The lowest BCUT2D eigenvalue weighted by atomic mass is 10.1. The number of carbonyl (C=O) groups is 8. The molecule has 10 heterocycles. The predicted molar refractivity (Wildman–Crippen MR) is 545 cm³/mol. The Morgan fingerprint density at radius 2 is 0.791 bits per heavy atom. The van der Waals surface area contributed by atoms with Crippen LogP contribution in [0.5, 0.6) is 28.7 Å². The molecular formula is C97H106F3N13O17S9. The Morgan fingerprint density at radius 3 is 1.22 bits per heavy atom. The summed E-state index contributed by atoms with van der Waals surface area (Å²) in [5.41, 5.74) is 2.65. The van der Waals surface area contributed by atoms with E-state index in [0.29, 0.717) is 210 Å². The summed E-state index contributed by atoms with van der Waals surface area (Å²) in [7, 11) is -1.88. The van der Waals surface area contributed by atoms with Crippen LogP contribution in [0.4, 0.5) is 52.4 Å². The molecule has 4 fully saturated rings. The zero-order valence-corrected chi connectivity index (χ0v) is 84.7. The van der Waals surface area contributed by atoms with Crippen LogP contribution in [0.3, 0.4) is 0 Å². The zero-order valence-electron chi connectivity index (χ0n) is 77.3. The summed E-state index contributed by atoms with van der Waals surface area (Å²) in [6, 6.07) is 48.8. The maximum Gasteiger partial charge on any atom is 0.573 e. The largest absolute Gasteiger partial charge is 0.573 e. The number of nitrogens with zero attached hydrogens (tertiary/aromatic N) is 5. The first-order valence-corrected chi connectivity index (χ1v) is 54.5. The number of halogens is 3. The minimum atomic E-state index is -4.84. The summed E-state index contributed by atoms with van der Waals surface area (Å²) in [4.78, 5) is 119. The van der Waals surface area contributed by atoms with E-state index in [2.05, 4.69) is 52.3 Å². The van der Waals surface area contributed by atoms with Gasteiger partial charge < -0.3 is 64.6 Å². The minimum absolute atomic E-state index is 0.0201. The van der Waals surface area contributed by atoms with Crippen LogP contribution in [0.2, 0.25) is 0 Å². The average Bonchev–Trinajstić information content (AvgIpc) is 1.62. The monoisotopic (exact) mass is 2070 g/mol. The van der Waals surface area contributed by atoms with E-state index in [9.17, 15) is 68.4 Å². The van der Waals surface area contributed by atoms with Crippen molar-refractivity contribution in [1.29, 1.82) is 0 Å². The number of ether oxygens (including phenoxy) is 5. The number of fused-ring (bicyclic) bond motifs is 5. The molecule has 4 unspecified atom stereocenters. The van der Waals surface area contributed by atoms with Gasteiger partial charge in [0, 0.05) is 167 Å². The summed E-state index contributed by atoms with van der Waals surface area (Å²) < 4.78 is 118. The van der Waals surface area contributed by atoms with Crippen molar-refractivity contribution in [2.45, 2.75) is 138 Å². The lowest BCUT2D eigenvalue weighted by molar-refractivity contribution is -0.274. The van der Waals surface area contributed by atoms with Crippen LogP contribution in [0.25, 0.3) is 40.5 Å². The third kappa shape index (κ3) is 25.3. The molecule has 30 nitrogen and oxygen atoms in total.